The van der Waals surface area contributed by atoms with Crippen LogP contribution in [0.25, 0.3) is 6.08 Å². The van der Waals surface area contributed by atoms with Gasteiger partial charge in [0.2, 0.25) is 0 Å². The van der Waals surface area contributed by atoms with Gasteiger partial charge in [0.25, 0.3) is 11.8 Å². The Kier molecular flexibility index (Phi) is 5.72. The van der Waals surface area contributed by atoms with Crippen molar-refractivity contribution in [3.8, 4) is 5.75 Å². The van der Waals surface area contributed by atoms with E-state index in [0.717, 1.165) is 0 Å². The van der Waals surface area contributed by atoms with Crippen molar-refractivity contribution in [2.45, 2.75) is 0 Å². The van der Waals surface area contributed by atoms with Crippen LogP contribution >= 0.6 is 47.0 Å². The third-order valence-corrected chi connectivity index (χ3v) is 4.82. The number of rotatable bonds is 3. The summed E-state index contributed by atoms with van der Waals surface area (Å²) in [6.07, 6.45) is 1.39. The summed E-state index contributed by atoms with van der Waals surface area (Å²) in [5.41, 5.74) is 0.829. The van der Waals surface area contributed by atoms with E-state index in [0.29, 0.717) is 22.0 Å². The summed E-state index contributed by atoms with van der Waals surface area (Å²) in [7, 11) is 1.44. The fourth-order valence-electron chi connectivity index (χ4n) is 2.51. The van der Waals surface area contributed by atoms with Crippen LogP contribution in [0.4, 0.5) is 5.69 Å². The van der Waals surface area contributed by atoms with Crippen LogP contribution < -0.4 is 15.0 Å². The predicted molar refractivity (Wildman–Crippen MR) is 111 cm³/mol. The average molecular weight is 442 g/mol. The molecule has 9 heteroatoms. The van der Waals surface area contributed by atoms with E-state index in [1.165, 1.54) is 18.1 Å². The number of halogens is 3. The van der Waals surface area contributed by atoms with E-state index >= 15 is 0 Å². The van der Waals surface area contributed by atoms with Gasteiger partial charge in [0.1, 0.15) is 5.57 Å². The lowest BCUT2D eigenvalue weighted by atomic mass is 10.1. The summed E-state index contributed by atoms with van der Waals surface area (Å²) in [5.74, 6) is -0.878. The quantitative estimate of drug-likeness (QED) is 0.433. The molecule has 0 atom stereocenters. The van der Waals surface area contributed by atoms with Crippen molar-refractivity contribution in [3.63, 3.8) is 0 Å². The summed E-state index contributed by atoms with van der Waals surface area (Å²) in [6.45, 7) is 0. The van der Waals surface area contributed by atoms with Gasteiger partial charge in [-0.25, -0.2) is 0 Å². The number of benzene rings is 2. The van der Waals surface area contributed by atoms with E-state index < -0.39 is 11.8 Å². The second-order valence-electron chi connectivity index (χ2n) is 5.45. The topological polar surface area (TPSA) is 58.6 Å². The van der Waals surface area contributed by atoms with Gasteiger partial charge in [-0.2, -0.15) is 0 Å². The summed E-state index contributed by atoms with van der Waals surface area (Å²) < 4.78 is 5.09. The van der Waals surface area contributed by atoms with Gasteiger partial charge in [-0.3, -0.25) is 19.8 Å². The van der Waals surface area contributed by atoms with Gasteiger partial charge < -0.3 is 4.74 Å². The third kappa shape index (κ3) is 3.94. The SMILES string of the molecule is COc1c(Cl)cc(C=C2C(=O)NC(=S)N(c3ccc(Cl)cc3)C2=O)cc1Cl. The summed E-state index contributed by atoms with van der Waals surface area (Å²) in [6, 6.07) is 9.58. The molecule has 0 aromatic heterocycles. The summed E-state index contributed by atoms with van der Waals surface area (Å²) in [4.78, 5) is 26.4. The maximum atomic E-state index is 12.9. The van der Waals surface area contributed by atoms with Crippen molar-refractivity contribution < 1.29 is 14.3 Å². The number of methoxy groups -OCH3 is 1. The standard InChI is InChI=1S/C18H11Cl3N2O3S/c1-26-15-13(20)7-9(8-14(15)21)6-12-16(24)22-18(27)23(17(12)25)11-4-2-10(19)3-5-11/h2-8H,1H3,(H,22,24,27). The molecule has 1 heterocycles. The minimum atomic E-state index is -0.613. The Morgan fingerprint density at radius 2 is 1.67 bits per heavy atom. The lowest BCUT2D eigenvalue weighted by molar-refractivity contribution is -0.122. The molecule has 0 spiro atoms. The second-order valence-corrected chi connectivity index (χ2v) is 7.09. The van der Waals surface area contributed by atoms with E-state index in [9.17, 15) is 9.59 Å². The fourth-order valence-corrected chi connectivity index (χ4v) is 3.57. The van der Waals surface area contributed by atoms with Gasteiger partial charge in [-0.05, 0) is 60.3 Å². The molecule has 2 aromatic rings. The normalized spacial score (nSPS) is 15.9. The van der Waals surface area contributed by atoms with Crippen LogP contribution in [0.3, 0.4) is 0 Å². The molecule has 0 radical (unpaired) electrons. The zero-order valence-corrected chi connectivity index (χ0v) is 16.8. The van der Waals surface area contributed by atoms with Crippen LogP contribution in [0.5, 0.6) is 5.75 Å². The number of anilines is 1. The number of hydrogen-bond donors (Lipinski definition) is 1. The zero-order valence-electron chi connectivity index (χ0n) is 13.8. The highest BCUT2D eigenvalue weighted by atomic mass is 35.5. The van der Waals surface area contributed by atoms with E-state index in [-0.39, 0.29) is 20.7 Å². The zero-order chi connectivity index (χ0) is 19.7. The Bertz CT molecular complexity index is 967. The third-order valence-electron chi connectivity index (χ3n) is 3.72. The molecule has 0 aliphatic carbocycles. The molecule has 0 unspecified atom stereocenters. The number of nitrogens with zero attached hydrogens (tertiary/aromatic N) is 1. The molecule has 0 saturated carbocycles. The first-order chi connectivity index (χ1) is 12.8. The van der Waals surface area contributed by atoms with Gasteiger partial charge in [-0.15, -0.1) is 0 Å². The summed E-state index contributed by atoms with van der Waals surface area (Å²) in [5, 5.41) is 3.50. The van der Waals surface area contributed by atoms with Crippen LogP contribution in [-0.4, -0.2) is 24.0 Å². The Balaban J connectivity index is 2.03. The minimum Gasteiger partial charge on any atom is -0.494 e. The second kappa shape index (κ2) is 7.86. The van der Waals surface area contributed by atoms with E-state index in [1.807, 2.05) is 0 Å². The molecule has 1 fully saturated rings. The van der Waals surface area contributed by atoms with Crippen LogP contribution in [0.15, 0.2) is 42.0 Å². The number of carbonyl (C=O) groups excluding carboxylic acids is 2. The molecule has 138 valence electrons. The maximum Gasteiger partial charge on any atom is 0.270 e. The molecular weight excluding hydrogens is 431 g/mol. The van der Waals surface area contributed by atoms with Crippen molar-refractivity contribution >= 4 is 75.7 Å². The molecule has 5 nitrogen and oxygen atoms in total. The van der Waals surface area contributed by atoms with Crippen LogP contribution in [0.2, 0.25) is 15.1 Å². The van der Waals surface area contributed by atoms with Crippen molar-refractivity contribution in [2.24, 2.45) is 0 Å². The van der Waals surface area contributed by atoms with Crippen molar-refractivity contribution in [1.82, 2.24) is 5.32 Å². The largest absolute Gasteiger partial charge is 0.494 e. The molecule has 0 bridgehead atoms. The number of amides is 2. The number of hydrogen-bond acceptors (Lipinski definition) is 4. The smallest absolute Gasteiger partial charge is 0.270 e. The van der Waals surface area contributed by atoms with Crippen LogP contribution in [0, 0.1) is 0 Å². The minimum absolute atomic E-state index is 0.0183. The number of nitrogens with one attached hydrogen (secondary N) is 1. The van der Waals surface area contributed by atoms with E-state index in [4.69, 9.17) is 51.8 Å². The van der Waals surface area contributed by atoms with Crippen molar-refractivity contribution in [2.75, 3.05) is 12.0 Å². The van der Waals surface area contributed by atoms with Crippen molar-refractivity contribution in [3.05, 3.63) is 62.6 Å². The molecule has 1 N–H and O–H groups in total. The molecule has 1 aliphatic heterocycles. The number of ether oxygens (including phenoxy) is 1. The number of carbonyl (C=O) groups is 2. The van der Waals surface area contributed by atoms with Gasteiger partial charge >= 0.3 is 0 Å². The highest BCUT2D eigenvalue weighted by molar-refractivity contribution is 7.80. The van der Waals surface area contributed by atoms with Crippen LogP contribution in [0.1, 0.15) is 5.56 Å². The van der Waals surface area contributed by atoms with E-state index in [1.54, 1.807) is 36.4 Å². The molecule has 27 heavy (non-hydrogen) atoms. The molecule has 2 amide bonds. The first kappa shape index (κ1) is 19.6. The summed E-state index contributed by atoms with van der Waals surface area (Å²) >= 11 is 23.3. The van der Waals surface area contributed by atoms with Gasteiger partial charge in [-0.1, -0.05) is 34.8 Å². The Morgan fingerprint density at radius 1 is 1.07 bits per heavy atom. The molecule has 1 aliphatic rings. The van der Waals surface area contributed by atoms with E-state index in [2.05, 4.69) is 5.32 Å². The molecule has 2 aromatic carbocycles. The lowest BCUT2D eigenvalue weighted by Crippen LogP contribution is -2.54. The molecule has 3 rings (SSSR count). The Morgan fingerprint density at radius 3 is 2.22 bits per heavy atom. The highest BCUT2D eigenvalue weighted by Crippen LogP contribution is 2.34. The predicted octanol–water partition coefficient (Wildman–Crippen LogP) is 4.49. The van der Waals surface area contributed by atoms with Gasteiger partial charge in [0.15, 0.2) is 10.9 Å². The first-order valence-corrected chi connectivity index (χ1v) is 9.06. The Hall–Kier alpha value is -2.12. The Labute approximate surface area is 175 Å². The maximum absolute atomic E-state index is 12.9. The highest BCUT2D eigenvalue weighted by Gasteiger charge is 2.34. The number of thiocarbonyl (C=S) groups is 1. The average Bonchev–Trinajstić information content (AvgIpc) is 2.60. The van der Waals surface area contributed by atoms with Gasteiger partial charge in [0.05, 0.1) is 22.8 Å². The fraction of sp³-hybridized carbons (Fsp3) is 0.0556. The van der Waals surface area contributed by atoms with Crippen LogP contribution in [-0.2, 0) is 9.59 Å². The lowest BCUT2D eigenvalue weighted by Gasteiger charge is -2.29. The molecule has 1 saturated heterocycles. The van der Waals surface area contributed by atoms with Gasteiger partial charge in [0, 0.05) is 5.02 Å². The molecular formula is C18H11Cl3N2O3S. The first-order valence-electron chi connectivity index (χ1n) is 7.52. The monoisotopic (exact) mass is 440 g/mol. The van der Waals surface area contributed by atoms with Crippen molar-refractivity contribution in [1.29, 1.82) is 0 Å².